The van der Waals surface area contributed by atoms with Gasteiger partial charge in [-0.2, -0.15) is 0 Å². The number of carboxylic acid groups (broad SMARTS) is 1. The van der Waals surface area contributed by atoms with Crippen molar-refractivity contribution in [2.24, 2.45) is 0 Å². The topological polar surface area (TPSA) is 37.3 Å². The Balaban J connectivity index is 1.63. The minimum atomic E-state index is -0.797. The lowest BCUT2D eigenvalue weighted by atomic mass is 9.87. The van der Waals surface area contributed by atoms with Crippen molar-refractivity contribution in [2.75, 3.05) is 0 Å². The first-order chi connectivity index (χ1) is 14.2. The summed E-state index contributed by atoms with van der Waals surface area (Å²) in [5.74, 6) is -0.976. The first kappa shape index (κ1) is 18.7. The molecule has 0 aliphatic heterocycles. The molecule has 4 aromatic carbocycles. The molecule has 29 heavy (non-hydrogen) atoms. The minimum Gasteiger partial charge on any atom is -0.481 e. The molecule has 0 fully saturated rings. The van der Waals surface area contributed by atoms with Gasteiger partial charge in [-0.05, 0) is 33.4 Å². The van der Waals surface area contributed by atoms with Gasteiger partial charge in [-0.3, -0.25) is 4.79 Å². The summed E-state index contributed by atoms with van der Waals surface area (Å²) in [6.45, 7) is 0. The third-order valence-electron chi connectivity index (χ3n) is 5.22. The van der Waals surface area contributed by atoms with E-state index in [1.165, 1.54) is 0 Å². The molecule has 0 unspecified atom stereocenters. The van der Waals surface area contributed by atoms with Gasteiger partial charge in [0.15, 0.2) is 0 Å². The highest BCUT2D eigenvalue weighted by molar-refractivity contribution is 5.70. The van der Waals surface area contributed by atoms with Crippen LogP contribution in [0.1, 0.15) is 23.5 Å². The van der Waals surface area contributed by atoms with Crippen LogP contribution in [0.15, 0.2) is 109 Å². The summed E-state index contributed by atoms with van der Waals surface area (Å²) in [4.78, 5) is 11.5. The minimum absolute atomic E-state index is 0.0648. The molecule has 0 aliphatic carbocycles. The molecule has 1 N–H and O–H groups in total. The second kappa shape index (κ2) is 8.57. The van der Waals surface area contributed by atoms with Crippen LogP contribution in [0.5, 0.6) is 0 Å². The van der Waals surface area contributed by atoms with Crippen LogP contribution in [-0.2, 0) is 4.79 Å². The van der Waals surface area contributed by atoms with Gasteiger partial charge in [0.2, 0.25) is 0 Å². The average Bonchev–Trinajstić information content (AvgIpc) is 2.79. The van der Waals surface area contributed by atoms with Crippen molar-refractivity contribution >= 4 is 5.97 Å². The lowest BCUT2D eigenvalue weighted by Crippen LogP contribution is -2.08. The monoisotopic (exact) mass is 378 g/mol. The Bertz CT molecular complexity index is 984. The van der Waals surface area contributed by atoms with E-state index in [-0.39, 0.29) is 12.3 Å². The Kier molecular flexibility index (Phi) is 5.53. The summed E-state index contributed by atoms with van der Waals surface area (Å²) in [5, 5.41) is 9.47. The van der Waals surface area contributed by atoms with E-state index < -0.39 is 5.97 Å². The quantitative estimate of drug-likeness (QED) is 0.409. The fourth-order valence-electron chi connectivity index (χ4n) is 3.68. The Hall–Kier alpha value is -3.65. The van der Waals surface area contributed by atoms with E-state index in [1.54, 1.807) is 0 Å². The smallest absolute Gasteiger partial charge is 0.304 e. The molecule has 2 heteroatoms. The van der Waals surface area contributed by atoms with Crippen molar-refractivity contribution < 1.29 is 9.90 Å². The lowest BCUT2D eigenvalue weighted by molar-refractivity contribution is -0.137. The highest BCUT2D eigenvalue weighted by atomic mass is 16.4. The summed E-state index contributed by atoms with van der Waals surface area (Å²) >= 11 is 0. The maximum Gasteiger partial charge on any atom is 0.304 e. The molecule has 142 valence electrons. The van der Waals surface area contributed by atoms with Gasteiger partial charge in [0, 0.05) is 5.92 Å². The normalized spacial score (nSPS) is 10.8. The SMILES string of the molecule is O=C(O)CC(c1ccc(-c2ccccc2)cc1)c1ccc(-c2ccccc2)cc1. The number of aliphatic carboxylic acids is 1. The second-order valence-electron chi connectivity index (χ2n) is 7.13. The molecule has 0 aliphatic rings. The summed E-state index contributed by atoms with van der Waals surface area (Å²) in [7, 11) is 0. The molecule has 0 atom stereocenters. The lowest BCUT2D eigenvalue weighted by Gasteiger charge is -2.17. The Morgan fingerprint density at radius 3 is 1.24 bits per heavy atom. The molecule has 0 amide bonds. The summed E-state index contributed by atoms with van der Waals surface area (Å²) < 4.78 is 0. The molecule has 0 aromatic heterocycles. The Labute approximate surface area is 171 Å². The van der Waals surface area contributed by atoms with Crippen LogP contribution in [0.4, 0.5) is 0 Å². The van der Waals surface area contributed by atoms with E-state index in [2.05, 4.69) is 48.5 Å². The van der Waals surface area contributed by atoms with Crippen LogP contribution >= 0.6 is 0 Å². The van der Waals surface area contributed by atoms with Crippen molar-refractivity contribution in [3.63, 3.8) is 0 Å². The fraction of sp³-hybridized carbons (Fsp3) is 0.0741. The average molecular weight is 378 g/mol. The van der Waals surface area contributed by atoms with Gasteiger partial charge < -0.3 is 5.11 Å². The second-order valence-corrected chi connectivity index (χ2v) is 7.13. The van der Waals surface area contributed by atoms with Crippen molar-refractivity contribution in [3.8, 4) is 22.3 Å². The molecular weight excluding hydrogens is 356 g/mol. The van der Waals surface area contributed by atoms with Crippen LogP contribution in [0.3, 0.4) is 0 Å². The van der Waals surface area contributed by atoms with Crippen molar-refractivity contribution in [3.05, 3.63) is 120 Å². The number of hydrogen-bond acceptors (Lipinski definition) is 1. The number of carboxylic acids is 1. The van der Waals surface area contributed by atoms with E-state index in [4.69, 9.17) is 0 Å². The highest BCUT2D eigenvalue weighted by Crippen LogP contribution is 2.31. The molecule has 0 saturated carbocycles. The summed E-state index contributed by atoms with van der Waals surface area (Å²) in [6, 6.07) is 36.8. The molecule has 4 aromatic rings. The third kappa shape index (κ3) is 4.44. The van der Waals surface area contributed by atoms with E-state index in [0.717, 1.165) is 33.4 Å². The number of hydrogen-bond donors (Lipinski definition) is 1. The third-order valence-corrected chi connectivity index (χ3v) is 5.22. The molecule has 0 bridgehead atoms. The number of carbonyl (C=O) groups is 1. The summed E-state index contributed by atoms with van der Waals surface area (Å²) in [6.07, 6.45) is 0.0648. The highest BCUT2D eigenvalue weighted by Gasteiger charge is 2.18. The van der Waals surface area contributed by atoms with Gasteiger partial charge in [0.05, 0.1) is 6.42 Å². The molecule has 0 radical (unpaired) electrons. The number of rotatable bonds is 6. The fourth-order valence-corrected chi connectivity index (χ4v) is 3.68. The van der Waals surface area contributed by atoms with E-state index in [9.17, 15) is 9.90 Å². The zero-order chi connectivity index (χ0) is 20.1. The molecule has 4 rings (SSSR count). The van der Waals surface area contributed by atoms with Crippen molar-refractivity contribution in [1.82, 2.24) is 0 Å². The van der Waals surface area contributed by atoms with Crippen molar-refractivity contribution in [1.29, 1.82) is 0 Å². The van der Waals surface area contributed by atoms with Gasteiger partial charge in [-0.25, -0.2) is 0 Å². The van der Waals surface area contributed by atoms with Crippen LogP contribution < -0.4 is 0 Å². The zero-order valence-corrected chi connectivity index (χ0v) is 16.0. The standard InChI is InChI=1S/C27H22O2/c28-27(29)19-26(24-15-11-22(12-16-24)20-7-3-1-4-8-20)25-17-13-23(14-18-25)21-9-5-2-6-10-21/h1-18,26H,19H2,(H,28,29). The first-order valence-corrected chi connectivity index (χ1v) is 9.73. The summed E-state index contributed by atoms with van der Waals surface area (Å²) in [5.41, 5.74) is 6.59. The van der Waals surface area contributed by atoms with E-state index in [1.807, 2.05) is 60.7 Å². The molecular formula is C27H22O2. The number of benzene rings is 4. The molecule has 2 nitrogen and oxygen atoms in total. The van der Waals surface area contributed by atoms with Gasteiger partial charge >= 0.3 is 5.97 Å². The van der Waals surface area contributed by atoms with E-state index >= 15 is 0 Å². The van der Waals surface area contributed by atoms with Crippen molar-refractivity contribution in [2.45, 2.75) is 12.3 Å². The van der Waals surface area contributed by atoms with Gasteiger partial charge in [0.1, 0.15) is 0 Å². The predicted octanol–water partition coefficient (Wildman–Crippen LogP) is 6.63. The largest absolute Gasteiger partial charge is 0.481 e. The van der Waals surface area contributed by atoms with Crippen LogP contribution in [0.25, 0.3) is 22.3 Å². The molecule has 0 heterocycles. The van der Waals surface area contributed by atoms with Gasteiger partial charge in [0.25, 0.3) is 0 Å². The van der Waals surface area contributed by atoms with Crippen LogP contribution in [0.2, 0.25) is 0 Å². The van der Waals surface area contributed by atoms with Crippen LogP contribution in [-0.4, -0.2) is 11.1 Å². The maximum atomic E-state index is 11.5. The van der Waals surface area contributed by atoms with E-state index in [0.29, 0.717) is 0 Å². The predicted molar refractivity (Wildman–Crippen MR) is 118 cm³/mol. The Morgan fingerprint density at radius 2 is 0.897 bits per heavy atom. The maximum absolute atomic E-state index is 11.5. The van der Waals surface area contributed by atoms with Crippen LogP contribution in [0, 0.1) is 0 Å². The first-order valence-electron chi connectivity index (χ1n) is 9.73. The Morgan fingerprint density at radius 1 is 0.552 bits per heavy atom. The zero-order valence-electron chi connectivity index (χ0n) is 16.0. The van der Waals surface area contributed by atoms with Gasteiger partial charge in [-0.15, -0.1) is 0 Å². The van der Waals surface area contributed by atoms with Gasteiger partial charge in [-0.1, -0.05) is 109 Å². The molecule has 0 spiro atoms. The molecule has 0 saturated heterocycles.